The van der Waals surface area contributed by atoms with E-state index in [-0.39, 0.29) is 11.9 Å². The number of hydrogen-bond acceptors (Lipinski definition) is 3. The number of rotatable bonds is 7. The third kappa shape index (κ3) is 4.31. The van der Waals surface area contributed by atoms with Gasteiger partial charge in [0.1, 0.15) is 5.01 Å². The molecule has 1 aromatic carbocycles. The highest BCUT2D eigenvalue weighted by Crippen LogP contribution is 2.34. The smallest absolute Gasteiger partial charge is 0.253 e. The maximum absolute atomic E-state index is 12.7. The fourth-order valence-corrected chi connectivity index (χ4v) is 4.32. The van der Waals surface area contributed by atoms with Crippen LogP contribution in [-0.2, 0) is 6.54 Å². The number of carbonyl (C=O) groups excluding carboxylic acids is 1. The van der Waals surface area contributed by atoms with Gasteiger partial charge < -0.3 is 9.88 Å². The Kier molecular flexibility index (Phi) is 6.57. The number of amides is 1. The lowest BCUT2D eigenvalue weighted by atomic mass is 10.2. The molecule has 4 nitrogen and oxygen atoms in total. The number of aromatic nitrogens is 2. The lowest BCUT2D eigenvalue weighted by molar-refractivity contribution is 0.0942. The van der Waals surface area contributed by atoms with E-state index in [1.807, 2.05) is 56.5 Å². The molecule has 3 aromatic rings. The molecule has 0 radical (unpaired) electrons. The van der Waals surface area contributed by atoms with Gasteiger partial charge in [0.2, 0.25) is 0 Å². The quantitative estimate of drug-likeness (QED) is 0.500. The monoisotopic (exact) mass is 415 g/mol. The summed E-state index contributed by atoms with van der Waals surface area (Å²) in [5, 5.41) is 6.62. The molecule has 1 amide bonds. The summed E-state index contributed by atoms with van der Waals surface area (Å²) in [6.07, 6.45) is 2.14. The molecule has 0 aliphatic rings. The standard InChI is InChI=1S/C22H26ClN3OS/c1-5-6-11-26-15(4)17(21(27)24-14(2)3)12-20(26)19-13-28-22(25-19)16-9-7-8-10-18(16)23/h7-10,12-14H,5-6,11H2,1-4H3,(H,24,27). The van der Waals surface area contributed by atoms with Crippen molar-refractivity contribution in [1.29, 1.82) is 0 Å². The van der Waals surface area contributed by atoms with Crippen molar-refractivity contribution in [2.24, 2.45) is 0 Å². The normalized spacial score (nSPS) is 11.2. The Morgan fingerprint density at radius 3 is 2.75 bits per heavy atom. The maximum atomic E-state index is 12.7. The van der Waals surface area contributed by atoms with Crippen LogP contribution in [0.4, 0.5) is 0 Å². The zero-order valence-electron chi connectivity index (χ0n) is 16.8. The van der Waals surface area contributed by atoms with E-state index in [9.17, 15) is 4.79 Å². The molecule has 2 aromatic heterocycles. The van der Waals surface area contributed by atoms with Crippen LogP contribution in [0.5, 0.6) is 0 Å². The van der Waals surface area contributed by atoms with Crippen LogP contribution in [0.15, 0.2) is 35.7 Å². The first-order valence-corrected chi connectivity index (χ1v) is 10.9. The van der Waals surface area contributed by atoms with E-state index in [2.05, 4.69) is 16.8 Å². The highest BCUT2D eigenvalue weighted by atomic mass is 35.5. The number of nitrogens with zero attached hydrogens (tertiary/aromatic N) is 2. The second kappa shape index (κ2) is 8.93. The van der Waals surface area contributed by atoms with E-state index < -0.39 is 0 Å². The van der Waals surface area contributed by atoms with Crippen molar-refractivity contribution in [1.82, 2.24) is 14.9 Å². The number of carbonyl (C=O) groups is 1. The molecular formula is C22H26ClN3OS. The Labute approximate surface area is 175 Å². The topological polar surface area (TPSA) is 46.9 Å². The van der Waals surface area contributed by atoms with Crippen molar-refractivity contribution in [2.45, 2.75) is 53.1 Å². The van der Waals surface area contributed by atoms with Crippen molar-refractivity contribution < 1.29 is 4.79 Å². The van der Waals surface area contributed by atoms with E-state index >= 15 is 0 Å². The fraction of sp³-hybridized carbons (Fsp3) is 0.364. The van der Waals surface area contributed by atoms with Crippen molar-refractivity contribution in [3.8, 4) is 22.0 Å². The summed E-state index contributed by atoms with van der Waals surface area (Å²) in [6.45, 7) is 8.99. The number of halogens is 1. The first kappa shape index (κ1) is 20.6. The van der Waals surface area contributed by atoms with Crippen LogP contribution in [0, 0.1) is 6.92 Å². The van der Waals surface area contributed by atoms with Gasteiger partial charge in [-0.15, -0.1) is 11.3 Å². The van der Waals surface area contributed by atoms with Crippen molar-refractivity contribution >= 4 is 28.8 Å². The summed E-state index contributed by atoms with van der Waals surface area (Å²) < 4.78 is 2.21. The Hall–Kier alpha value is -2.11. The number of benzene rings is 1. The van der Waals surface area contributed by atoms with Crippen LogP contribution in [0.1, 0.15) is 49.7 Å². The van der Waals surface area contributed by atoms with Crippen molar-refractivity contribution in [2.75, 3.05) is 0 Å². The van der Waals surface area contributed by atoms with Gasteiger partial charge in [0, 0.05) is 29.2 Å². The van der Waals surface area contributed by atoms with Crippen LogP contribution >= 0.6 is 22.9 Å². The molecule has 0 aliphatic carbocycles. The largest absolute Gasteiger partial charge is 0.350 e. The average molecular weight is 416 g/mol. The zero-order valence-corrected chi connectivity index (χ0v) is 18.3. The molecule has 6 heteroatoms. The van der Waals surface area contributed by atoms with E-state index in [0.717, 1.165) is 47.0 Å². The summed E-state index contributed by atoms with van der Waals surface area (Å²) in [7, 11) is 0. The molecule has 0 unspecified atom stereocenters. The minimum absolute atomic E-state index is 0.0365. The molecular weight excluding hydrogens is 390 g/mol. The maximum Gasteiger partial charge on any atom is 0.253 e. The zero-order chi connectivity index (χ0) is 20.3. The average Bonchev–Trinajstić information content (AvgIpc) is 3.24. The SMILES string of the molecule is CCCCn1c(-c2csc(-c3ccccc3Cl)n2)cc(C(=O)NC(C)C)c1C. The Bertz CT molecular complexity index is 974. The van der Waals surface area contributed by atoms with E-state index in [1.165, 1.54) is 0 Å². The highest BCUT2D eigenvalue weighted by molar-refractivity contribution is 7.13. The fourth-order valence-electron chi connectivity index (χ4n) is 3.18. The van der Waals surface area contributed by atoms with E-state index in [1.54, 1.807) is 11.3 Å². The molecule has 0 spiro atoms. The highest BCUT2D eigenvalue weighted by Gasteiger charge is 2.20. The van der Waals surface area contributed by atoms with Crippen LogP contribution in [0.3, 0.4) is 0 Å². The number of unbranched alkanes of at least 4 members (excludes halogenated alkanes) is 1. The van der Waals surface area contributed by atoms with Crippen LogP contribution in [-0.4, -0.2) is 21.5 Å². The van der Waals surface area contributed by atoms with Crippen molar-refractivity contribution in [3.05, 3.63) is 52.0 Å². The van der Waals surface area contributed by atoms with Crippen LogP contribution in [0.2, 0.25) is 5.02 Å². The predicted octanol–water partition coefficient (Wildman–Crippen LogP) is 6.18. The molecule has 0 saturated carbocycles. The second-order valence-electron chi connectivity index (χ2n) is 7.18. The van der Waals surface area contributed by atoms with Gasteiger partial charge >= 0.3 is 0 Å². The molecule has 28 heavy (non-hydrogen) atoms. The molecule has 1 N–H and O–H groups in total. The minimum Gasteiger partial charge on any atom is -0.350 e. The van der Waals surface area contributed by atoms with E-state index in [4.69, 9.17) is 16.6 Å². The number of nitrogens with one attached hydrogen (secondary N) is 1. The summed E-state index contributed by atoms with van der Waals surface area (Å²) in [6, 6.07) is 9.80. The lowest BCUT2D eigenvalue weighted by Crippen LogP contribution is -2.30. The minimum atomic E-state index is -0.0365. The third-order valence-corrected chi connectivity index (χ3v) is 5.84. The van der Waals surface area contributed by atoms with Gasteiger partial charge in [-0.3, -0.25) is 4.79 Å². The number of thiazole rings is 1. The molecule has 0 fully saturated rings. The molecule has 3 rings (SSSR count). The molecule has 0 aliphatic heterocycles. The van der Waals surface area contributed by atoms with Gasteiger partial charge in [0.05, 0.1) is 22.0 Å². The number of hydrogen-bond donors (Lipinski definition) is 1. The Morgan fingerprint density at radius 2 is 2.07 bits per heavy atom. The van der Waals surface area contributed by atoms with Gasteiger partial charge in [0.25, 0.3) is 5.91 Å². The molecule has 0 bridgehead atoms. The van der Waals surface area contributed by atoms with Gasteiger partial charge in [-0.2, -0.15) is 0 Å². The van der Waals surface area contributed by atoms with Gasteiger partial charge in [-0.1, -0.05) is 43.1 Å². The summed E-state index contributed by atoms with van der Waals surface area (Å²) in [5.41, 5.74) is 4.49. The first-order valence-electron chi connectivity index (χ1n) is 9.64. The summed E-state index contributed by atoms with van der Waals surface area (Å²) in [5.74, 6) is -0.0365. The second-order valence-corrected chi connectivity index (χ2v) is 8.45. The Balaban J connectivity index is 2.03. The van der Waals surface area contributed by atoms with Gasteiger partial charge in [-0.25, -0.2) is 4.98 Å². The molecule has 0 atom stereocenters. The van der Waals surface area contributed by atoms with Gasteiger partial charge in [-0.05, 0) is 39.3 Å². The van der Waals surface area contributed by atoms with Crippen LogP contribution < -0.4 is 5.32 Å². The molecule has 148 valence electrons. The molecule has 2 heterocycles. The summed E-state index contributed by atoms with van der Waals surface area (Å²) >= 11 is 7.91. The van der Waals surface area contributed by atoms with Crippen LogP contribution in [0.25, 0.3) is 22.0 Å². The predicted molar refractivity (Wildman–Crippen MR) is 118 cm³/mol. The third-order valence-electron chi connectivity index (χ3n) is 4.64. The lowest BCUT2D eigenvalue weighted by Gasteiger charge is -2.11. The molecule has 0 saturated heterocycles. The van der Waals surface area contributed by atoms with Crippen molar-refractivity contribution in [3.63, 3.8) is 0 Å². The van der Waals surface area contributed by atoms with Gasteiger partial charge in [0.15, 0.2) is 0 Å². The first-order chi connectivity index (χ1) is 13.4. The summed E-state index contributed by atoms with van der Waals surface area (Å²) in [4.78, 5) is 17.5. The van der Waals surface area contributed by atoms with E-state index in [0.29, 0.717) is 10.6 Å². The Morgan fingerprint density at radius 1 is 1.32 bits per heavy atom.